The summed E-state index contributed by atoms with van der Waals surface area (Å²) < 4.78 is 11.7. The molecule has 6 nitrogen and oxygen atoms in total. The number of hydrogen-bond acceptors (Lipinski definition) is 5. The van der Waals surface area contributed by atoms with Crippen molar-refractivity contribution >= 4 is 23.3 Å². The molecule has 0 aliphatic carbocycles. The third-order valence-corrected chi connectivity index (χ3v) is 6.86. The predicted molar refractivity (Wildman–Crippen MR) is 105 cm³/mol. The molecule has 2 unspecified atom stereocenters. The fraction of sp³-hybridized carbons (Fsp3) is 0.429. The van der Waals surface area contributed by atoms with E-state index >= 15 is 0 Å². The van der Waals surface area contributed by atoms with Crippen LogP contribution in [0.2, 0.25) is 0 Å². The summed E-state index contributed by atoms with van der Waals surface area (Å²) in [6.07, 6.45) is 0.732. The van der Waals surface area contributed by atoms with Gasteiger partial charge in [0.1, 0.15) is 0 Å². The standard InChI is InChI=1S/C21H24O6S/c1-4-21(26-9-10-27-21)18-8-7-17(28-18)13(3)12(2)14-5-6-15(19(22)23)16(11-14)20(24)25/h5-8,11-13H,4,9-10H2,1-3H3,(H,22,23)(H,24,25). The molecular weight excluding hydrogens is 380 g/mol. The molecule has 150 valence electrons. The van der Waals surface area contributed by atoms with Gasteiger partial charge in [-0.2, -0.15) is 0 Å². The Labute approximate surface area is 167 Å². The van der Waals surface area contributed by atoms with Gasteiger partial charge < -0.3 is 19.7 Å². The van der Waals surface area contributed by atoms with Crippen LogP contribution in [0.15, 0.2) is 30.3 Å². The molecule has 0 radical (unpaired) electrons. The van der Waals surface area contributed by atoms with E-state index in [0.717, 1.165) is 21.7 Å². The summed E-state index contributed by atoms with van der Waals surface area (Å²) in [7, 11) is 0. The van der Waals surface area contributed by atoms with Crippen molar-refractivity contribution in [2.24, 2.45) is 0 Å². The van der Waals surface area contributed by atoms with Crippen molar-refractivity contribution < 1.29 is 29.3 Å². The van der Waals surface area contributed by atoms with E-state index in [1.807, 2.05) is 19.9 Å². The van der Waals surface area contributed by atoms with Crippen LogP contribution in [0, 0.1) is 0 Å². The Morgan fingerprint density at radius 1 is 1.04 bits per heavy atom. The topological polar surface area (TPSA) is 93.1 Å². The number of ether oxygens (including phenoxy) is 2. The van der Waals surface area contributed by atoms with E-state index in [1.165, 1.54) is 12.1 Å². The molecule has 1 saturated heterocycles. The molecule has 7 heteroatoms. The van der Waals surface area contributed by atoms with E-state index in [1.54, 1.807) is 17.4 Å². The number of thiophene rings is 1. The van der Waals surface area contributed by atoms with Gasteiger partial charge >= 0.3 is 11.9 Å². The van der Waals surface area contributed by atoms with Gasteiger partial charge in [-0.25, -0.2) is 9.59 Å². The van der Waals surface area contributed by atoms with Crippen LogP contribution in [-0.4, -0.2) is 35.4 Å². The van der Waals surface area contributed by atoms with Gasteiger partial charge in [-0.05, 0) is 41.7 Å². The highest BCUT2D eigenvalue weighted by Crippen LogP contribution is 2.43. The Bertz CT molecular complexity index is 881. The van der Waals surface area contributed by atoms with Crippen molar-refractivity contribution in [3.8, 4) is 0 Å². The molecule has 2 N–H and O–H groups in total. The van der Waals surface area contributed by atoms with E-state index in [0.29, 0.717) is 13.2 Å². The monoisotopic (exact) mass is 404 g/mol. The zero-order valence-corrected chi connectivity index (χ0v) is 16.9. The SMILES string of the molecule is CCC1(c2ccc(C(C)C(C)c3ccc(C(=O)O)c(C(=O)O)c3)s2)OCCO1. The molecule has 0 spiro atoms. The maximum Gasteiger partial charge on any atom is 0.336 e. The fourth-order valence-electron chi connectivity index (χ4n) is 3.52. The molecule has 28 heavy (non-hydrogen) atoms. The normalized spacial score (nSPS) is 18.0. The lowest BCUT2D eigenvalue weighted by Crippen LogP contribution is -2.24. The molecule has 1 aromatic carbocycles. The first-order valence-corrected chi connectivity index (χ1v) is 10.1. The highest BCUT2D eigenvalue weighted by Gasteiger charge is 2.38. The lowest BCUT2D eigenvalue weighted by Gasteiger charge is -2.24. The summed E-state index contributed by atoms with van der Waals surface area (Å²) in [6, 6.07) is 8.64. The second-order valence-corrected chi connectivity index (χ2v) is 8.11. The smallest absolute Gasteiger partial charge is 0.336 e. The van der Waals surface area contributed by atoms with Crippen LogP contribution in [0.4, 0.5) is 0 Å². The first-order valence-electron chi connectivity index (χ1n) is 9.27. The summed E-state index contributed by atoms with van der Waals surface area (Å²) in [5.41, 5.74) is 0.409. The largest absolute Gasteiger partial charge is 0.478 e. The molecular formula is C21H24O6S. The number of rotatable bonds is 7. The van der Waals surface area contributed by atoms with Crippen LogP contribution in [0.25, 0.3) is 0 Å². The van der Waals surface area contributed by atoms with E-state index < -0.39 is 17.7 Å². The van der Waals surface area contributed by atoms with E-state index in [-0.39, 0.29) is 23.0 Å². The quantitative estimate of drug-likeness (QED) is 0.697. The minimum atomic E-state index is -1.24. The van der Waals surface area contributed by atoms with Crippen LogP contribution in [-0.2, 0) is 15.3 Å². The summed E-state index contributed by atoms with van der Waals surface area (Å²) in [5, 5.41) is 18.6. The lowest BCUT2D eigenvalue weighted by atomic mass is 9.86. The Hall–Kier alpha value is -2.22. The van der Waals surface area contributed by atoms with Gasteiger partial charge in [-0.3, -0.25) is 0 Å². The third kappa shape index (κ3) is 3.70. The van der Waals surface area contributed by atoms with Crippen LogP contribution < -0.4 is 0 Å². The van der Waals surface area contributed by atoms with Gasteiger partial charge in [0.2, 0.25) is 5.79 Å². The average molecular weight is 404 g/mol. The molecule has 0 bridgehead atoms. The molecule has 1 fully saturated rings. The number of carboxylic acid groups (broad SMARTS) is 2. The molecule has 2 atom stereocenters. The maximum atomic E-state index is 11.5. The summed E-state index contributed by atoms with van der Waals surface area (Å²) in [5.74, 6) is -3.01. The van der Waals surface area contributed by atoms with E-state index in [2.05, 4.69) is 13.0 Å². The molecule has 3 rings (SSSR count). The van der Waals surface area contributed by atoms with Gasteiger partial charge in [0.05, 0.1) is 29.2 Å². The Balaban J connectivity index is 1.87. The van der Waals surface area contributed by atoms with Crippen molar-refractivity contribution in [3.63, 3.8) is 0 Å². The van der Waals surface area contributed by atoms with Crippen molar-refractivity contribution in [1.29, 1.82) is 0 Å². The second kappa shape index (κ2) is 8.03. The molecule has 0 amide bonds. The van der Waals surface area contributed by atoms with Gasteiger partial charge in [-0.1, -0.05) is 26.8 Å². The first kappa shape index (κ1) is 20.5. The molecule has 1 aliphatic heterocycles. The Kier molecular flexibility index (Phi) is 5.88. The van der Waals surface area contributed by atoms with Crippen molar-refractivity contribution in [2.45, 2.75) is 44.8 Å². The Morgan fingerprint density at radius 2 is 1.68 bits per heavy atom. The van der Waals surface area contributed by atoms with Gasteiger partial charge in [0.25, 0.3) is 0 Å². The lowest BCUT2D eigenvalue weighted by molar-refractivity contribution is -0.164. The van der Waals surface area contributed by atoms with Gasteiger partial charge in [0, 0.05) is 11.3 Å². The average Bonchev–Trinajstić information content (AvgIpc) is 3.36. The van der Waals surface area contributed by atoms with E-state index in [9.17, 15) is 19.8 Å². The van der Waals surface area contributed by atoms with Crippen LogP contribution in [0.3, 0.4) is 0 Å². The number of aromatic carboxylic acids is 2. The van der Waals surface area contributed by atoms with Crippen molar-refractivity contribution in [3.05, 3.63) is 56.8 Å². The molecule has 2 aromatic rings. The molecule has 1 aliphatic rings. The van der Waals surface area contributed by atoms with E-state index in [4.69, 9.17) is 9.47 Å². The maximum absolute atomic E-state index is 11.5. The zero-order chi connectivity index (χ0) is 20.5. The minimum absolute atomic E-state index is 0.00966. The second-order valence-electron chi connectivity index (χ2n) is 7.00. The number of carboxylic acids is 2. The van der Waals surface area contributed by atoms with Crippen molar-refractivity contribution in [1.82, 2.24) is 0 Å². The highest BCUT2D eigenvalue weighted by atomic mass is 32.1. The molecule has 1 aromatic heterocycles. The Morgan fingerprint density at radius 3 is 2.25 bits per heavy atom. The number of hydrogen-bond donors (Lipinski definition) is 2. The number of benzene rings is 1. The minimum Gasteiger partial charge on any atom is -0.478 e. The van der Waals surface area contributed by atoms with Crippen LogP contribution >= 0.6 is 11.3 Å². The van der Waals surface area contributed by atoms with Crippen LogP contribution in [0.5, 0.6) is 0 Å². The first-order chi connectivity index (χ1) is 13.3. The molecule has 0 saturated carbocycles. The zero-order valence-electron chi connectivity index (χ0n) is 16.1. The molecule has 2 heterocycles. The van der Waals surface area contributed by atoms with Crippen molar-refractivity contribution in [2.75, 3.05) is 13.2 Å². The predicted octanol–water partition coefficient (Wildman–Crippen LogP) is 4.66. The fourth-order valence-corrected chi connectivity index (χ4v) is 4.86. The van der Waals surface area contributed by atoms with Crippen LogP contribution in [0.1, 0.15) is 75.1 Å². The summed E-state index contributed by atoms with van der Waals surface area (Å²) in [4.78, 5) is 24.9. The number of carbonyl (C=O) groups is 2. The summed E-state index contributed by atoms with van der Waals surface area (Å²) >= 11 is 1.64. The van der Waals surface area contributed by atoms with Gasteiger partial charge in [-0.15, -0.1) is 11.3 Å². The van der Waals surface area contributed by atoms with Gasteiger partial charge in [0.15, 0.2) is 0 Å². The summed E-state index contributed by atoms with van der Waals surface area (Å²) in [6.45, 7) is 7.31. The highest BCUT2D eigenvalue weighted by molar-refractivity contribution is 7.12. The third-order valence-electron chi connectivity index (χ3n) is 5.45.